The van der Waals surface area contributed by atoms with Gasteiger partial charge < -0.3 is 39.6 Å². The number of hydrogen-bond donors (Lipinski definition) is 2. The number of piperidine rings is 1. The van der Waals surface area contributed by atoms with E-state index in [1.165, 1.54) is 65.8 Å². The highest BCUT2D eigenvalue weighted by Gasteiger charge is 2.27. The highest BCUT2D eigenvalue weighted by molar-refractivity contribution is 7.86. The van der Waals surface area contributed by atoms with Gasteiger partial charge in [0.1, 0.15) is 22.7 Å². The maximum atomic E-state index is 14.7. The van der Waals surface area contributed by atoms with E-state index in [2.05, 4.69) is 35.0 Å². The Kier molecular flexibility index (Phi) is 20.2. The highest BCUT2D eigenvalue weighted by atomic mass is 32.2. The zero-order chi connectivity index (χ0) is 67.4. The SMILES string of the molecule is C[S@@](=O)CCOc1cc(N2CCCCC2)c(F)cc1F.Cc1ccc(S(=O)(=O)OCCn2c(=O)n(C)c3c2nc(N)n2nc(-c4ccco4)nc32)cc1.Cn1c(=O)n(CCN2CCN(c3cc(OCC[S@@](C)=O)c(F)cc3F)CC2)c2nc(N)n3nc(-c4ccco4)nc3c21. The van der Waals surface area contributed by atoms with E-state index in [0.717, 1.165) is 50.0 Å². The number of imidazole rings is 2. The number of furan rings is 2. The van der Waals surface area contributed by atoms with Crippen LogP contribution in [-0.2, 0) is 63.1 Å². The van der Waals surface area contributed by atoms with Crippen LogP contribution in [0.3, 0.4) is 0 Å². The molecule has 0 saturated carbocycles. The lowest BCUT2D eigenvalue weighted by Gasteiger charge is -2.36. The molecular formula is C60H67F4N17O11S3. The number of piperazine rings is 1. The van der Waals surface area contributed by atoms with Crippen molar-refractivity contribution in [3.05, 3.63) is 135 Å². The maximum absolute atomic E-state index is 14.7. The third-order valence-corrected chi connectivity index (χ3v) is 18.6. The lowest BCUT2D eigenvalue weighted by molar-refractivity contribution is 0.247. The summed E-state index contributed by atoms with van der Waals surface area (Å²) in [5.74, 6) is -0.601. The summed E-state index contributed by atoms with van der Waals surface area (Å²) >= 11 is 0. The summed E-state index contributed by atoms with van der Waals surface area (Å²) in [7, 11) is -2.84. The third-order valence-electron chi connectivity index (χ3n) is 15.8. The number of halogens is 4. The minimum Gasteiger partial charge on any atom is -0.489 e. The summed E-state index contributed by atoms with van der Waals surface area (Å²) < 4.78 is 139. The molecule has 8 aromatic heterocycles. The van der Waals surface area contributed by atoms with Gasteiger partial charge in [0.25, 0.3) is 10.1 Å². The predicted molar refractivity (Wildman–Crippen MR) is 348 cm³/mol. The van der Waals surface area contributed by atoms with Gasteiger partial charge in [-0.05, 0) is 62.6 Å². The number of benzene rings is 3. The molecule has 95 heavy (non-hydrogen) atoms. The van der Waals surface area contributed by atoms with Gasteiger partial charge >= 0.3 is 11.4 Å². The van der Waals surface area contributed by atoms with E-state index in [9.17, 15) is 44.0 Å². The fourth-order valence-electron chi connectivity index (χ4n) is 10.9. The summed E-state index contributed by atoms with van der Waals surface area (Å²) in [6.45, 7) is 6.36. The fraction of sp³-hybridized carbons (Fsp3) is 0.367. The molecule has 2 fully saturated rings. The van der Waals surface area contributed by atoms with Gasteiger partial charge in [-0.1, -0.05) is 17.7 Å². The van der Waals surface area contributed by atoms with Crippen LogP contribution in [0, 0.1) is 30.2 Å². The Bertz CT molecular complexity index is 4870. The van der Waals surface area contributed by atoms with E-state index >= 15 is 0 Å². The number of ether oxygens (including phenoxy) is 2. The summed E-state index contributed by atoms with van der Waals surface area (Å²) in [5, 5.41) is 8.71. The van der Waals surface area contributed by atoms with E-state index < -0.39 is 60.7 Å². The first-order valence-corrected chi connectivity index (χ1v) is 34.7. The second kappa shape index (κ2) is 28.6. The van der Waals surface area contributed by atoms with Gasteiger partial charge in [0.2, 0.25) is 23.5 Å². The molecule has 2 aliphatic heterocycles. The number of aromatic nitrogens is 12. The topological polar surface area (TPSA) is 324 Å². The smallest absolute Gasteiger partial charge is 0.330 e. The standard InChI is InChI=1S/C26H29F2N9O4S.C20H19N7O5S.C14H19F2NO2S/c1-33-21-23(31-25(29)37-24(21)30-22(32-37)19-4-3-11-40-19)36(26(33)38)10-7-34-5-8-35(9-6-34)18-15-20(17(28)14-16(18)27)41-12-13-42(2)39;1-12-5-7-13(8-6-12)33(29,30)32-11-9-26-17-15(25(2)20(26)28)18-22-16(14-4-3-10-31-14)24-27(18)19(21)23-17;1-20(18)8-7-19-14-10-13(11(15)9-12(14)16)17-5-3-2-4-6-17/h3-4,11,14-15H,5-10,12-13H2,1-2H3,(H2,29,31);3-8,10H,9,11H2,1-2H3,(H2,21,23);9-10H,2-8H2,1H3/t42-;;20-/m1.1/s1. The van der Waals surface area contributed by atoms with Crippen LogP contribution in [0.15, 0.2) is 109 Å². The monoisotopic (exact) mass is 1370 g/mol. The zero-order valence-corrected chi connectivity index (χ0v) is 54.6. The van der Waals surface area contributed by atoms with Gasteiger partial charge in [-0.25, -0.2) is 37.1 Å². The van der Waals surface area contributed by atoms with E-state index in [1.54, 1.807) is 61.3 Å². The summed E-state index contributed by atoms with van der Waals surface area (Å²) in [5.41, 5.74) is 15.4. The van der Waals surface area contributed by atoms with E-state index in [-0.39, 0.29) is 83.3 Å². The Labute approximate surface area is 544 Å². The minimum atomic E-state index is -3.98. The zero-order valence-electron chi connectivity index (χ0n) is 52.2. The van der Waals surface area contributed by atoms with Crippen molar-refractivity contribution in [1.29, 1.82) is 0 Å². The van der Waals surface area contributed by atoms with Crippen LogP contribution in [0.5, 0.6) is 11.5 Å². The van der Waals surface area contributed by atoms with Crippen molar-refractivity contribution < 1.29 is 56.9 Å². The third kappa shape index (κ3) is 14.6. The van der Waals surface area contributed by atoms with Gasteiger partial charge in [0.15, 0.2) is 57.2 Å². The molecule has 0 spiro atoms. The molecule has 0 amide bonds. The molecule has 504 valence electrons. The lowest BCUT2D eigenvalue weighted by atomic mass is 10.1. The van der Waals surface area contributed by atoms with Crippen molar-refractivity contribution in [2.45, 2.75) is 44.2 Å². The number of anilines is 4. The number of nitrogen functional groups attached to an aromatic ring is 2. The van der Waals surface area contributed by atoms with Crippen molar-refractivity contribution in [1.82, 2.24) is 62.3 Å². The van der Waals surface area contributed by atoms with Crippen LogP contribution >= 0.6 is 0 Å². The number of fused-ring (bicyclic) bond motifs is 6. The molecule has 28 nitrogen and oxygen atoms in total. The first-order chi connectivity index (χ1) is 45.5. The van der Waals surface area contributed by atoms with Crippen LogP contribution in [0.2, 0.25) is 0 Å². The number of hydrogen-bond acceptors (Lipinski definition) is 22. The average molecular weight is 1370 g/mol. The molecule has 0 bridgehead atoms. The molecule has 2 aliphatic rings. The molecule has 35 heteroatoms. The van der Waals surface area contributed by atoms with Crippen molar-refractivity contribution in [3.63, 3.8) is 0 Å². The van der Waals surface area contributed by atoms with Crippen LogP contribution in [0.25, 0.3) is 56.8 Å². The fourth-order valence-corrected chi connectivity index (χ4v) is 12.4. The maximum Gasteiger partial charge on any atom is 0.330 e. The van der Waals surface area contributed by atoms with Gasteiger partial charge in [-0.2, -0.15) is 27.4 Å². The molecule has 4 N–H and O–H groups in total. The van der Waals surface area contributed by atoms with Crippen molar-refractivity contribution >= 4 is 88.6 Å². The Morgan fingerprint density at radius 1 is 0.568 bits per heavy atom. The normalized spacial score (nSPS) is 14.5. The first kappa shape index (κ1) is 67.0. The highest BCUT2D eigenvalue weighted by Crippen LogP contribution is 2.32. The quantitative estimate of drug-likeness (QED) is 0.0700. The second-order valence-electron chi connectivity index (χ2n) is 22.3. The molecule has 0 unspecified atom stereocenters. The molecule has 0 aliphatic carbocycles. The average Bonchev–Trinajstić information content (AvgIpc) is 1.61. The largest absolute Gasteiger partial charge is 0.489 e. The van der Waals surface area contributed by atoms with Crippen LogP contribution in [0.4, 0.5) is 40.8 Å². The summed E-state index contributed by atoms with van der Waals surface area (Å²) in [6, 6.07) is 17.6. The predicted octanol–water partition coefficient (Wildman–Crippen LogP) is 5.52. The summed E-state index contributed by atoms with van der Waals surface area (Å²) in [6.07, 6.45) is 9.28. The van der Waals surface area contributed by atoms with Crippen molar-refractivity contribution in [3.8, 4) is 34.7 Å². The molecular weight excluding hydrogens is 1310 g/mol. The van der Waals surface area contributed by atoms with Gasteiger partial charge in [0, 0.05) is 125 Å². The van der Waals surface area contributed by atoms with Gasteiger partial charge in [-0.15, -0.1) is 10.2 Å². The Morgan fingerprint density at radius 3 is 1.48 bits per heavy atom. The summed E-state index contributed by atoms with van der Waals surface area (Å²) in [4.78, 5) is 49.9. The minimum absolute atomic E-state index is 0.00958. The molecule has 10 heterocycles. The Morgan fingerprint density at radius 2 is 1.03 bits per heavy atom. The number of nitrogens with two attached hydrogens (primary N) is 2. The van der Waals surface area contributed by atoms with E-state index in [4.69, 9.17) is 34.0 Å². The van der Waals surface area contributed by atoms with E-state index in [1.807, 2.05) is 16.7 Å². The first-order valence-electron chi connectivity index (χ1n) is 29.9. The lowest BCUT2D eigenvalue weighted by Crippen LogP contribution is -2.47. The molecule has 2 saturated heterocycles. The number of rotatable bonds is 20. The van der Waals surface area contributed by atoms with Crippen LogP contribution < -0.4 is 42.1 Å². The molecule has 2 atom stereocenters. The number of aryl methyl sites for hydroxylation is 3. The van der Waals surface area contributed by atoms with Crippen LogP contribution in [-0.4, -0.2) is 169 Å². The Hall–Kier alpha value is -9.45. The van der Waals surface area contributed by atoms with Crippen molar-refractivity contribution in [2.75, 3.05) is 111 Å². The Balaban J connectivity index is 0.000000154. The van der Waals surface area contributed by atoms with E-state index in [0.29, 0.717) is 96.0 Å². The van der Waals surface area contributed by atoms with Crippen molar-refractivity contribution in [2.24, 2.45) is 14.1 Å². The van der Waals surface area contributed by atoms with Gasteiger partial charge in [0.05, 0.1) is 66.7 Å². The number of nitrogens with zero attached hydrogens (tertiary/aromatic N) is 15. The molecule has 0 radical (unpaired) electrons. The van der Waals surface area contributed by atoms with Crippen LogP contribution in [0.1, 0.15) is 24.8 Å². The second-order valence-corrected chi connectivity index (χ2v) is 27.0. The van der Waals surface area contributed by atoms with Gasteiger partial charge in [-0.3, -0.25) is 35.8 Å². The molecule has 3 aromatic carbocycles. The molecule has 13 rings (SSSR count). The molecule has 11 aromatic rings.